The molecule has 1 N–H and O–H groups in total. The topological polar surface area (TPSA) is 21.3 Å². The number of nitrogens with one attached hydrogen (secondary N) is 1. The average molecular weight is 211 g/mol. The zero-order valence-corrected chi connectivity index (χ0v) is 10.2. The van der Waals surface area contributed by atoms with Crippen LogP contribution in [0.15, 0.2) is 0 Å². The number of rotatable bonds is 3. The third-order valence-corrected chi connectivity index (χ3v) is 4.41. The van der Waals surface area contributed by atoms with Gasteiger partial charge in [0.2, 0.25) is 0 Å². The van der Waals surface area contributed by atoms with Crippen molar-refractivity contribution >= 4 is 0 Å². The predicted molar refractivity (Wildman–Crippen MR) is 63.0 cm³/mol. The van der Waals surface area contributed by atoms with Gasteiger partial charge < -0.3 is 10.1 Å². The van der Waals surface area contributed by atoms with Crippen molar-refractivity contribution in [2.45, 2.75) is 64.0 Å². The zero-order valence-electron chi connectivity index (χ0n) is 10.2. The van der Waals surface area contributed by atoms with Crippen molar-refractivity contribution < 1.29 is 4.74 Å². The van der Waals surface area contributed by atoms with Crippen LogP contribution in [-0.2, 0) is 4.74 Å². The van der Waals surface area contributed by atoms with E-state index in [9.17, 15) is 0 Å². The van der Waals surface area contributed by atoms with Crippen molar-refractivity contribution in [3.05, 3.63) is 0 Å². The summed E-state index contributed by atoms with van der Waals surface area (Å²) in [5, 5.41) is 3.75. The van der Waals surface area contributed by atoms with Crippen molar-refractivity contribution in [2.75, 3.05) is 13.2 Å². The number of hydrogen-bond acceptors (Lipinski definition) is 2. The standard InChI is InChI=1S/C13H25NO/c1-11-13(2,8-9-15-11)14-10-12-6-4-3-5-7-12/h11-12,14H,3-10H2,1-2H3. The lowest BCUT2D eigenvalue weighted by Gasteiger charge is -2.32. The minimum absolute atomic E-state index is 0.234. The maximum Gasteiger partial charge on any atom is 0.0726 e. The molecule has 2 fully saturated rings. The van der Waals surface area contributed by atoms with Gasteiger partial charge in [0.15, 0.2) is 0 Å². The van der Waals surface area contributed by atoms with Gasteiger partial charge in [-0.2, -0.15) is 0 Å². The molecule has 1 aliphatic carbocycles. The Morgan fingerprint density at radius 1 is 1.27 bits per heavy atom. The molecule has 1 heterocycles. The Balaban J connectivity index is 1.76. The van der Waals surface area contributed by atoms with Crippen LogP contribution < -0.4 is 5.32 Å². The number of hydrogen-bond donors (Lipinski definition) is 1. The molecule has 2 nitrogen and oxygen atoms in total. The molecule has 2 unspecified atom stereocenters. The molecule has 0 amide bonds. The van der Waals surface area contributed by atoms with Crippen molar-refractivity contribution in [2.24, 2.45) is 5.92 Å². The normalized spacial score (nSPS) is 38.4. The summed E-state index contributed by atoms with van der Waals surface area (Å²) in [6.07, 6.45) is 8.73. The number of ether oxygens (including phenoxy) is 1. The lowest BCUT2D eigenvalue weighted by Crippen LogP contribution is -2.49. The van der Waals surface area contributed by atoms with E-state index in [1.807, 2.05) is 0 Å². The van der Waals surface area contributed by atoms with Crippen LogP contribution in [0.2, 0.25) is 0 Å². The molecule has 0 aromatic heterocycles. The second kappa shape index (κ2) is 4.84. The highest BCUT2D eigenvalue weighted by Crippen LogP contribution is 2.27. The summed E-state index contributed by atoms with van der Waals surface area (Å²) in [6, 6.07) is 0. The molecule has 2 rings (SSSR count). The molecule has 2 atom stereocenters. The maximum absolute atomic E-state index is 5.65. The van der Waals surface area contributed by atoms with Crippen molar-refractivity contribution in [1.29, 1.82) is 0 Å². The molecule has 2 aliphatic rings. The first kappa shape index (κ1) is 11.4. The Morgan fingerprint density at radius 3 is 2.60 bits per heavy atom. The van der Waals surface area contributed by atoms with E-state index in [1.165, 1.54) is 45.1 Å². The van der Waals surface area contributed by atoms with Gasteiger partial charge in [0.05, 0.1) is 6.10 Å². The highest BCUT2D eigenvalue weighted by atomic mass is 16.5. The van der Waals surface area contributed by atoms with Gasteiger partial charge in [-0.05, 0) is 45.6 Å². The summed E-state index contributed by atoms with van der Waals surface area (Å²) in [4.78, 5) is 0. The lowest BCUT2D eigenvalue weighted by molar-refractivity contribution is 0.0862. The second-order valence-electron chi connectivity index (χ2n) is 5.57. The molecular weight excluding hydrogens is 186 g/mol. The maximum atomic E-state index is 5.65. The summed E-state index contributed by atoms with van der Waals surface area (Å²) < 4.78 is 5.65. The Kier molecular flexibility index (Phi) is 3.68. The van der Waals surface area contributed by atoms with Crippen LogP contribution in [0.4, 0.5) is 0 Å². The predicted octanol–water partition coefficient (Wildman–Crippen LogP) is 2.72. The summed E-state index contributed by atoms with van der Waals surface area (Å²) in [5.41, 5.74) is 0.234. The summed E-state index contributed by atoms with van der Waals surface area (Å²) in [7, 11) is 0. The molecule has 15 heavy (non-hydrogen) atoms. The fraction of sp³-hybridized carbons (Fsp3) is 1.00. The minimum atomic E-state index is 0.234. The SMILES string of the molecule is CC1OCCC1(C)NCC1CCCCC1. The van der Waals surface area contributed by atoms with Crippen LogP contribution in [-0.4, -0.2) is 24.8 Å². The zero-order chi connectivity index (χ0) is 10.7. The van der Waals surface area contributed by atoms with Crippen LogP contribution in [0.5, 0.6) is 0 Å². The van der Waals surface area contributed by atoms with E-state index < -0.39 is 0 Å². The first-order valence-electron chi connectivity index (χ1n) is 6.57. The van der Waals surface area contributed by atoms with Gasteiger partial charge in [-0.3, -0.25) is 0 Å². The Morgan fingerprint density at radius 2 is 2.00 bits per heavy atom. The summed E-state index contributed by atoms with van der Waals surface area (Å²) in [6.45, 7) is 6.63. The molecule has 1 saturated carbocycles. The van der Waals surface area contributed by atoms with Gasteiger partial charge in [-0.15, -0.1) is 0 Å². The molecule has 2 heteroatoms. The van der Waals surface area contributed by atoms with E-state index in [-0.39, 0.29) is 5.54 Å². The Bertz CT molecular complexity index is 201. The molecule has 0 aromatic carbocycles. The molecule has 0 bridgehead atoms. The van der Waals surface area contributed by atoms with E-state index in [2.05, 4.69) is 19.2 Å². The highest BCUT2D eigenvalue weighted by molar-refractivity contribution is 4.93. The third kappa shape index (κ3) is 2.73. The lowest BCUT2D eigenvalue weighted by atomic mass is 9.87. The summed E-state index contributed by atoms with van der Waals surface area (Å²) >= 11 is 0. The van der Waals surface area contributed by atoms with Gasteiger partial charge in [-0.1, -0.05) is 19.3 Å². The smallest absolute Gasteiger partial charge is 0.0726 e. The van der Waals surface area contributed by atoms with Crippen LogP contribution in [0.1, 0.15) is 52.4 Å². The van der Waals surface area contributed by atoms with E-state index in [0.29, 0.717) is 6.10 Å². The fourth-order valence-electron chi connectivity index (χ4n) is 2.84. The average Bonchev–Trinajstić information content (AvgIpc) is 2.59. The first-order valence-corrected chi connectivity index (χ1v) is 6.57. The molecule has 0 aromatic rings. The van der Waals surface area contributed by atoms with E-state index in [4.69, 9.17) is 4.74 Å². The minimum Gasteiger partial charge on any atom is -0.377 e. The van der Waals surface area contributed by atoms with Crippen LogP contribution in [0.3, 0.4) is 0 Å². The molecule has 1 saturated heterocycles. The third-order valence-electron chi connectivity index (χ3n) is 4.41. The Labute approximate surface area is 93.8 Å². The van der Waals surface area contributed by atoms with Crippen LogP contribution in [0, 0.1) is 5.92 Å². The van der Waals surface area contributed by atoms with Crippen molar-refractivity contribution in [3.63, 3.8) is 0 Å². The quantitative estimate of drug-likeness (QED) is 0.775. The molecule has 0 radical (unpaired) electrons. The first-order chi connectivity index (χ1) is 7.21. The van der Waals surface area contributed by atoms with Gasteiger partial charge >= 0.3 is 0 Å². The van der Waals surface area contributed by atoms with E-state index in [0.717, 1.165) is 12.5 Å². The van der Waals surface area contributed by atoms with E-state index in [1.54, 1.807) is 0 Å². The molecule has 1 aliphatic heterocycles. The second-order valence-corrected chi connectivity index (χ2v) is 5.57. The van der Waals surface area contributed by atoms with Gasteiger partial charge in [0.1, 0.15) is 0 Å². The van der Waals surface area contributed by atoms with E-state index >= 15 is 0 Å². The van der Waals surface area contributed by atoms with Gasteiger partial charge in [0, 0.05) is 12.1 Å². The van der Waals surface area contributed by atoms with Crippen molar-refractivity contribution in [1.82, 2.24) is 5.32 Å². The monoisotopic (exact) mass is 211 g/mol. The van der Waals surface area contributed by atoms with Crippen LogP contribution in [0.25, 0.3) is 0 Å². The molecule has 0 spiro atoms. The molecular formula is C13H25NO. The highest BCUT2D eigenvalue weighted by Gasteiger charge is 2.36. The Hall–Kier alpha value is -0.0800. The summed E-state index contributed by atoms with van der Waals surface area (Å²) in [5.74, 6) is 0.920. The van der Waals surface area contributed by atoms with Crippen LogP contribution >= 0.6 is 0 Å². The van der Waals surface area contributed by atoms with Crippen molar-refractivity contribution in [3.8, 4) is 0 Å². The fourth-order valence-corrected chi connectivity index (χ4v) is 2.84. The van der Waals surface area contributed by atoms with Gasteiger partial charge in [-0.25, -0.2) is 0 Å². The van der Waals surface area contributed by atoms with Gasteiger partial charge in [0.25, 0.3) is 0 Å². The largest absolute Gasteiger partial charge is 0.377 e. The molecule has 88 valence electrons.